The molecule has 1 aromatic heterocycles. The molecule has 1 aliphatic rings. The fraction of sp³-hybridized carbons (Fsp3) is 0.583. The molecule has 1 fully saturated rings. The lowest BCUT2D eigenvalue weighted by atomic mass is 10.3. The molecule has 0 radical (unpaired) electrons. The first-order valence-corrected chi connectivity index (χ1v) is 5.97. The number of nitrogens with zero attached hydrogens (tertiary/aromatic N) is 2. The Morgan fingerprint density at radius 1 is 1.65 bits per heavy atom. The first-order chi connectivity index (χ1) is 8.29. The Morgan fingerprint density at radius 3 is 3.29 bits per heavy atom. The van der Waals surface area contributed by atoms with Gasteiger partial charge in [0, 0.05) is 19.3 Å². The first kappa shape index (κ1) is 12.1. The van der Waals surface area contributed by atoms with E-state index in [1.807, 2.05) is 12.1 Å². The van der Waals surface area contributed by atoms with Crippen molar-refractivity contribution in [2.24, 2.45) is 0 Å². The maximum absolute atomic E-state index is 5.70. The van der Waals surface area contributed by atoms with Gasteiger partial charge in [0.25, 0.3) is 0 Å². The van der Waals surface area contributed by atoms with Crippen molar-refractivity contribution in [1.29, 1.82) is 0 Å². The number of nitrogen functional groups attached to an aromatic ring is 1. The lowest BCUT2D eigenvalue weighted by Gasteiger charge is -2.31. The fourth-order valence-electron chi connectivity index (χ4n) is 1.88. The molecule has 1 atom stereocenters. The predicted molar refractivity (Wildman–Crippen MR) is 66.0 cm³/mol. The van der Waals surface area contributed by atoms with Crippen LogP contribution >= 0.6 is 0 Å². The highest BCUT2D eigenvalue weighted by molar-refractivity contribution is 5.44. The van der Waals surface area contributed by atoms with Crippen molar-refractivity contribution in [3.05, 3.63) is 18.3 Å². The highest BCUT2D eigenvalue weighted by atomic mass is 16.5. The molecule has 0 aliphatic carbocycles. The molecule has 2 N–H and O–H groups in total. The number of ether oxygens (including phenoxy) is 2. The molecule has 0 amide bonds. The standard InChI is InChI=1S/C12H19N3O2/c1-2-15-6-7-16-10(8-15)9-17-11-4-3-5-14-12(11)13/h3-5,10H,2,6-9H2,1H3,(H2,13,14). The quantitative estimate of drug-likeness (QED) is 0.838. The smallest absolute Gasteiger partial charge is 0.166 e. The molecule has 0 saturated carbocycles. The summed E-state index contributed by atoms with van der Waals surface area (Å²) in [4.78, 5) is 6.33. The second-order valence-electron chi connectivity index (χ2n) is 4.08. The molecule has 5 heteroatoms. The summed E-state index contributed by atoms with van der Waals surface area (Å²) in [5.41, 5.74) is 5.70. The van der Waals surface area contributed by atoms with Crippen LogP contribution in [-0.4, -0.2) is 48.8 Å². The number of pyridine rings is 1. The van der Waals surface area contributed by atoms with Crippen LogP contribution in [-0.2, 0) is 4.74 Å². The van der Waals surface area contributed by atoms with E-state index in [4.69, 9.17) is 15.2 Å². The number of rotatable bonds is 4. The maximum Gasteiger partial charge on any atom is 0.166 e. The minimum Gasteiger partial charge on any atom is -0.487 e. The van der Waals surface area contributed by atoms with Gasteiger partial charge in [0.05, 0.1) is 6.61 Å². The summed E-state index contributed by atoms with van der Waals surface area (Å²) in [6.07, 6.45) is 1.77. The van der Waals surface area contributed by atoms with Crippen molar-refractivity contribution in [1.82, 2.24) is 9.88 Å². The molecule has 2 heterocycles. The summed E-state index contributed by atoms with van der Waals surface area (Å²) in [6, 6.07) is 3.63. The summed E-state index contributed by atoms with van der Waals surface area (Å²) < 4.78 is 11.3. The van der Waals surface area contributed by atoms with Crippen molar-refractivity contribution in [2.45, 2.75) is 13.0 Å². The van der Waals surface area contributed by atoms with Gasteiger partial charge in [0.15, 0.2) is 11.6 Å². The zero-order valence-corrected chi connectivity index (χ0v) is 10.1. The zero-order chi connectivity index (χ0) is 12.1. The number of nitrogens with two attached hydrogens (primary N) is 1. The molecule has 0 aromatic carbocycles. The molecule has 94 valence electrons. The predicted octanol–water partition coefficient (Wildman–Crippen LogP) is 0.763. The molecule has 1 aliphatic heterocycles. The second-order valence-corrected chi connectivity index (χ2v) is 4.08. The van der Waals surface area contributed by atoms with Gasteiger partial charge < -0.3 is 15.2 Å². The topological polar surface area (TPSA) is 60.6 Å². The van der Waals surface area contributed by atoms with E-state index in [1.54, 1.807) is 6.20 Å². The van der Waals surface area contributed by atoms with Gasteiger partial charge >= 0.3 is 0 Å². The fourth-order valence-corrected chi connectivity index (χ4v) is 1.88. The van der Waals surface area contributed by atoms with Gasteiger partial charge in [-0.3, -0.25) is 4.90 Å². The van der Waals surface area contributed by atoms with Crippen LogP contribution < -0.4 is 10.5 Å². The van der Waals surface area contributed by atoms with Crippen LogP contribution in [0.1, 0.15) is 6.92 Å². The molecule has 1 saturated heterocycles. The average Bonchev–Trinajstić information content (AvgIpc) is 2.38. The van der Waals surface area contributed by atoms with Crippen molar-refractivity contribution < 1.29 is 9.47 Å². The average molecular weight is 237 g/mol. The molecule has 1 aromatic rings. The maximum atomic E-state index is 5.70. The Kier molecular flexibility index (Phi) is 4.17. The van der Waals surface area contributed by atoms with Gasteiger partial charge in [0.1, 0.15) is 12.7 Å². The van der Waals surface area contributed by atoms with Crippen molar-refractivity contribution in [2.75, 3.05) is 38.6 Å². The van der Waals surface area contributed by atoms with E-state index in [1.165, 1.54) is 0 Å². The van der Waals surface area contributed by atoms with Gasteiger partial charge in [-0.25, -0.2) is 4.98 Å². The van der Waals surface area contributed by atoms with E-state index >= 15 is 0 Å². The minimum absolute atomic E-state index is 0.114. The van der Waals surface area contributed by atoms with E-state index in [0.29, 0.717) is 18.2 Å². The molecule has 2 rings (SSSR count). The largest absolute Gasteiger partial charge is 0.487 e. The van der Waals surface area contributed by atoms with E-state index in [2.05, 4.69) is 16.8 Å². The molecule has 5 nitrogen and oxygen atoms in total. The molecular formula is C12H19N3O2. The van der Waals surface area contributed by atoms with Gasteiger partial charge in [-0.15, -0.1) is 0 Å². The number of aromatic nitrogens is 1. The number of morpholine rings is 1. The summed E-state index contributed by atoms with van der Waals surface area (Å²) in [6.45, 7) is 6.41. The van der Waals surface area contributed by atoms with Gasteiger partial charge in [-0.2, -0.15) is 0 Å². The monoisotopic (exact) mass is 237 g/mol. The molecular weight excluding hydrogens is 218 g/mol. The Morgan fingerprint density at radius 2 is 2.53 bits per heavy atom. The van der Waals surface area contributed by atoms with Crippen molar-refractivity contribution in [3.63, 3.8) is 0 Å². The SMILES string of the molecule is CCN1CCOC(COc2cccnc2N)C1. The minimum atomic E-state index is 0.114. The second kappa shape index (κ2) is 5.84. The Labute approximate surface area is 102 Å². The molecule has 0 spiro atoms. The molecule has 1 unspecified atom stereocenters. The van der Waals surface area contributed by atoms with Crippen LogP contribution in [0.2, 0.25) is 0 Å². The van der Waals surface area contributed by atoms with Crippen LogP contribution in [0.25, 0.3) is 0 Å². The van der Waals surface area contributed by atoms with Gasteiger partial charge in [-0.1, -0.05) is 6.92 Å². The van der Waals surface area contributed by atoms with Crippen LogP contribution in [0.3, 0.4) is 0 Å². The van der Waals surface area contributed by atoms with E-state index < -0.39 is 0 Å². The highest BCUT2D eigenvalue weighted by Crippen LogP contribution is 2.17. The van der Waals surface area contributed by atoms with Gasteiger partial charge in [0.2, 0.25) is 0 Å². The normalized spacial score (nSPS) is 21.4. The van der Waals surface area contributed by atoms with Crippen molar-refractivity contribution in [3.8, 4) is 5.75 Å². The highest BCUT2D eigenvalue weighted by Gasteiger charge is 2.20. The van der Waals surface area contributed by atoms with Crippen LogP contribution in [0, 0.1) is 0 Å². The number of anilines is 1. The summed E-state index contributed by atoms with van der Waals surface area (Å²) >= 11 is 0. The Balaban J connectivity index is 1.84. The van der Waals surface area contributed by atoms with Crippen molar-refractivity contribution >= 4 is 5.82 Å². The number of hydrogen-bond donors (Lipinski definition) is 1. The number of hydrogen-bond acceptors (Lipinski definition) is 5. The Hall–Kier alpha value is -1.33. The lowest BCUT2D eigenvalue weighted by Crippen LogP contribution is -2.44. The van der Waals surface area contributed by atoms with Crippen LogP contribution in [0.4, 0.5) is 5.82 Å². The van der Waals surface area contributed by atoms with Gasteiger partial charge in [-0.05, 0) is 18.7 Å². The first-order valence-electron chi connectivity index (χ1n) is 5.97. The number of likely N-dealkylation sites (N-methyl/N-ethyl adjacent to an activating group) is 1. The van der Waals surface area contributed by atoms with E-state index in [0.717, 1.165) is 26.2 Å². The van der Waals surface area contributed by atoms with E-state index in [9.17, 15) is 0 Å². The van der Waals surface area contributed by atoms with E-state index in [-0.39, 0.29) is 6.10 Å². The summed E-state index contributed by atoms with van der Waals surface area (Å²) in [5, 5.41) is 0. The Bertz CT molecular complexity index is 359. The van der Waals surface area contributed by atoms with Crippen LogP contribution in [0.15, 0.2) is 18.3 Å². The molecule has 17 heavy (non-hydrogen) atoms. The zero-order valence-electron chi connectivity index (χ0n) is 10.1. The lowest BCUT2D eigenvalue weighted by molar-refractivity contribution is -0.0463. The summed E-state index contributed by atoms with van der Waals surface area (Å²) in [7, 11) is 0. The molecule has 0 bridgehead atoms. The third kappa shape index (κ3) is 3.31. The third-order valence-electron chi connectivity index (χ3n) is 2.89. The third-order valence-corrected chi connectivity index (χ3v) is 2.89. The summed E-state index contributed by atoms with van der Waals surface area (Å²) in [5.74, 6) is 1.06. The van der Waals surface area contributed by atoms with Crippen LogP contribution in [0.5, 0.6) is 5.75 Å².